The summed E-state index contributed by atoms with van der Waals surface area (Å²) in [5.74, 6) is 0. The molecule has 1 aliphatic heterocycles. The van der Waals surface area contributed by atoms with Crippen LogP contribution in [0.15, 0.2) is 87.4 Å². The molecule has 27 heavy (non-hydrogen) atoms. The lowest BCUT2D eigenvalue weighted by Crippen LogP contribution is -2.30. The molecule has 0 saturated carbocycles. The molecule has 134 valence electrons. The first-order valence-corrected chi connectivity index (χ1v) is 10.1. The van der Waals surface area contributed by atoms with Crippen LogP contribution in [-0.2, 0) is 11.3 Å². The maximum atomic E-state index is 11.7. The number of benzene rings is 2. The van der Waals surface area contributed by atoms with Gasteiger partial charge in [-0.15, -0.1) is 0 Å². The molecule has 0 spiro atoms. The number of nitrogens with zero attached hydrogens (tertiary/aromatic N) is 3. The summed E-state index contributed by atoms with van der Waals surface area (Å²) in [6.45, 7) is 0.655. The van der Waals surface area contributed by atoms with Crippen LogP contribution in [0.1, 0.15) is 17.2 Å². The zero-order valence-corrected chi connectivity index (χ0v) is 16.7. The minimum atomic E-state index is -0.529. The third-order valence-corrected chi connectivity index (χ3v) is 5.81. The number of fused-ring (bicyclic) bond motifs is 1. The second-order valence-corrected chi connectivity index (χ2v) is 7.91. The number of anilines is 1. The van der Waals surface area contributed by atoms with Crippen LogP contribution in [0.3, 0.4) is 0 Å². The zero-order chi connectivity index (χ0) is 18.6. The number of carbonyl (C=O) groups is 1. The van der Waals surface area contributed by atoms with E-state index >= 15 is 0 Å². The minimum absolute atomic E-state index is 0.529. The van der Waals surface area contributed by atoms with Crippen molar-refractivity contribution in [3.8, 4) is 0 Å². The van der Waals surface area contributed by atoms with Gasteiger partial charge in [-0.2, -0.15) is 0 Å². The van der Waals surface area contributed by atoms with Gasteiger partial charge in [0.05, 0.1) is 6.54 Å². The first kappa shape index (κ1) is 17.9. The molecule has 0 radical (unpaired) electrons. The van der Waals surface area contributed by atoms with Gasteiger partial charge in [0.15, 0.2) is 5.17 Å². The van der Waals surface area contributed by atoms with Crippen LogP contribution < -0.4 is 4.90 Å². The van der Waals surface area contributed by atoms with Gasteiger partial charge in [-0.05, 0) is 47.7 Å². The number of hydrogen-bond acceptors (Lipinski definition) is 5. The molecule has 0 fully saturated rings. The number of aliphatic imine (C=N–C) groups is 1. The smallest absolute Gasteiger partial charge is 0.171 e. The Morgan fingerprint density at radius 2 is 1.81 bits per heavy atom. The van der Waals surface area contributed by atoms with E-state index in [1.54, 1.807) is 6.20 Å². The number of rotatable bonds is 4. The minimum Gasteiger partial charge on any atom is -0.316 e. The third kappa shape index (κ3) is 3.96. The van der Waals surface area contributed by atoms with Crippen LogP contribution in [0.4, 0.5) is 5.69 Å². The van der Waals surface area contributed by atoms with Gasteiger partial charge in [-0.1, -0.05) is 52.3 Å². The van der Waals surface area contributed by atoms with E-state index in [2.05, 4.69) is 37.9 Å². The van der Waals surface area contributed by atoms with Crippen molar-refractivity contribution < 1.29 is 4.79 Å². The van der Waals surface area contributed by atoms with E-state index in [9.17, 15) is 4.79 Å². The maximum absolute atomic E-state index is 11.7. The van der Waals surface area contributed by atoms with Crippen molar-refractivity contribution in [3.63, 3.8) is 0 Å². The Morgan fingerprint density at radius 3 is 2.56 bits per heavy atom. The van der Waals surface area contributed by atoms with Crippen LogP contribution >= 0.6 is 27.7 Å². The Kier molecular flexibility index (Phi) is 5.36. The van der Waals surface area contributed by atoms with Gasteiger partial charge in [0.2, 0.25) is 0 Å². The molecule has 2 aromatic carbocycles. The van der Waals surface area contributed by atoms with Gasteiger partial charge >= 0.3 is 0 Å². The molecule has 1 aliphatic rings. The van der Waals surface area contributed by atoms with Gasteiger partial charge in [0, 0.05) is 21.9 Å². The Hall–Kier alpha value is -2.44. The molecule has 0 aliphatic carbocycles. The van der Waals surface area contributed by atoms with Gasteiger partial charge in [-0.3, -0.25) is 0 Å². The molecule has 0 N–H and O–H groups in total. The van der Waals surface area contributed by atoms with Crippen LogP contribution in [0.25, 0.3) is 0 Å². The molecule has 0 saturated heterocycles. The number of hydrogen-bond donors (Lipinski definition) is 0. The molecule has 0 amide bonds. The first-order chi connectivity index (χ1) is 13.2. The standard InChI is InChI=1S/C21H16BrN3OS/c22-16-8-10-17(11-9-16)25(13-15-5-2-1-3-6-15)21-24-19(14-26)18-7-4-12-23-20(18)27-21/h1-12,14,19H,13H2. The lowest BCUT2D eigenvalue weighted by atomic mass is 10.1. The van der Waals surface area contributed by atoms with E-state index in [1.165, 1.54) is 11.8 Å². The number of pyridine rings is 1. The van der Waals surface area contributed by atoms with E-state index in [-0.39, 0.29) is 0 Å². The molecule has 3 aromatic rings. The van der Waals surface area contributed by atoms with Crippen molar-refractivity contribution in [2.24, 2.45) is 4.99 Å². The quantitative estimate of drug-likeness (QED) is 0.522. The fraction of sp³-hybridized carbons (Fsp3) is 0.0952. The molecular weight excluding hydrogens is 422 g/mol. The molecule has 1 aromatic heterocycles. The van der Waals surface area contributed by atoms with Gasteiger partial charge in [0.25, 0.3) is 0 Å². The van der Waals surface area contributed by atoms with Crippen molar-refractivity contribution >= 4 is 44.8 Å². The van der Waals surface area contributed by atoms with Crippen molar-refractivity contribution in [2.75, 3.05) is 4.90 Å². The predicted octanol–water partition coefficient (Wildman–Crippen LogP) is 5.25. The second kappa shape index (κ2) is 8.06. The highest BCUT2D eigenvalue weighted by Gasteiger charge is 2.27. The predicted molar refractivity (Wildman–Crippen MR) is 113 cm³/mol. The lowest BCUT2D eigenvalue weighted by molar-refractivity contribution is -0.109. The van der Waals surface area contributed by atoms with Crippen molar-refractivity contribution in [3.05, 3.63) is 88.5 Å². The summed E-state index contributed by atoms with van der Waals surface area (Å²) in [5, 5.41) is 1.60. The Balaban J connectivity index is 1.75. The number of aldehydes is 1. The van der Waals surface area contributed by atoms with E-state index in [0.29, 0.717) is 6.54 Å². The maximum Gasteiger partial charge on any atom is 0.171 e. The molecule has 4 nitrogen and oxygen atoms in total. The van der Waals surface area contributed by atoms with Crippen LogP contribution in [-0.4, -0.2) is 16.4 Å². The van der Waals surface area contributed by atoms with Crippen LogP contribution in [0.2, 0.25) is 0 Å². The molecule has 2 heterocycles. The SMILES string of the molecule is O=CC1N=C(N(Cc2ccccc2)c2ccc(Br)cc2)Sc2ncccc21. The fourth-order valence-electron chi connectivity index (χ4n) is 2.90. The zero-order valence-electron chi connectivity index (χ0n) is 14.3. The largest absolute Gasteiger partial charge is 0.316 e. The summed E-state index contributed by atoms with van der Waals surface area (Å²) in [6.07, 6.45) is 2.63. The number of amidine groups is 1. The van der Waals surface area contributed by atoms with E-state index < -0.39 is 6.04 Å². The van der Waals surface area contributed by atoms with E-state index in [4.69, 9.17) is 4.99 Å². The molecule has 4 rings (SSSR count). The third-order valence-electron chi connectivity index (χ3n) is 4.24. The number of halogens is 1. The topological polar surface area (TPSA) is 45.6 Å². The molecule has 6 heteroatoms. The van der Waals surface area contributed by atoms with Gasteiger partial charge < -0.3 is 9.69 Å². The van der Waals surface area contributed by atoms with Gasteiger partial charge in [0.1, 0.15) is 17.4 Å². The molecule has 1 unspecified atom stereocenters. The average Bonchev–Trinajstić information content (AvgIpc) is 2.72. The number of carbonyl (C=O) groups excluding carboxylic acids is 1. The summed E-state index contributed by atoms with van der Waals surface area (Å²) < 4.78 is 1.02. The van der Waals surface area contributed by atoms with Crippen molar-refractivity contribution in [1.29, 1.82) is 0 Å². The van der Waals surface area contributed by atoms with E-state index in [0.717, 1.165) is 37.8 Å². The number of thioether (sulfide) groups is 1. The molecule has 0 bridgehead atoms. The van der Waals surface area contributed by atoms with E-state index in [1.807, 2.05) is 54.6 Å². The second-order valence-electron chi connectivity index (χ2n) is 6.04. The molecular formula is C21H16BrN3OS. The average molecular weight is 438 g/mol. The monoisotopic (exact) mass is 437 g/mol. The van der Waals surface area contributed by atoms with Crippen LogP contribution in [0, 0.1) is 0 Å². The highest BCUT2D eigenvalue weighted by atomic mass is 79.9. The summed E-state index contributed by atoms with van der Waals surface area (Å²) in [7, 11) is 0. The Labute approximate surface area is 170 Å². The highest BCUT2D eigenvalue weighted by molar-refractivity contribution is 9.10. The van der Waals surface area contributed by atoms with Crippen molar-refractivity contribution in [2.45, 2.75) is 17.6 Å². The Morgan fingerprint density at radius 1 is 1.04 bits per heavy atom. The Bertz CT molecular complexity index is 976. The highest BCUT2D eigenvalue weighted by Crippen LogP contribution is 2.36. The van der Waals surface area contributed by atoms with Gasteiger partial charge in [-0.25, -0.2) is 9.98 Å². The number of aromatic nitrogens is 1. The summed E-state index contributed by atoms with van der Waals surface area (Å²) >= 11 is 4.99. The summed E-state index contributed by atoms with van der Waals surface area (Å²) in [6, 6.07) is 21.5. The summed E-state index contributed by atoms with van der Waals surface area (Å²) in [5.41, 5.74) is 3.03. The van der Waals surface area contributed by atoms with Crippen LogP contribution in [0.5, 0.6) is 0 Å². The summed E-state index contributed by atoms with van der Waals surface area (Å²) in [4.78, 5) is 23.0. The lowest BCUT2D eigenvalue weighted by Gasteiger charge is -2.29. The fourth-order valence-corrected chi connectivity index (χ4v) is 4.20. The normalized spacial score (nSPS) is 15.6. The first-order valence-electron chi connectivity index (χ1n) is 8.47. The molecule has 1 atom stereocenters. The van der Waals surface area contributed by atoms with Crippen molar-refractivity contribution in [1.82, 2.24) is 4.98 Å².